The highest BCUT2D eigenvalue weighted by atomic mass is 79.9. The third kappa shape index (κ3) is 4.56. The van der Waals surface area contributed by atoms with Crippen LogP contribution >= 0.6 is 27.5 Å². The first-order chi connectivity index (χ1) is 20.8. The van der Waals surface area contributed by atoms with Gasteiger partial charge in [-0.3, -0.25) is 0 Å². The van der Waals surface area contributed by atoms with E-state index < -0.39 is 5.63 Å². The zero-order chi connectivity index (χ0) is 29.8. The third-order valence-electron chi connectivity index (χ3n) is 7.33. The lowest BCUT2D eigenvalue weighted by Crippen LogP contribution is -2.05. The van der Waals surface area contributed by atoms with E-state index in [0.29, 0.717) is 33.3 Å². The molecular formula is C34H21BrClN3O4. The summed E-state index contributed by atoms with van der Waals surface area (Å²) >= 11 is 9.65. The number of phenols is 2. The predicted molar refractivity (Wildman–Crippen MR) is 172 cm³/mol. The van der Waals surface area contributed by atoms with Crippen molar-refractivity contribution in [1.29, 1.82) is 0 Å². The van der Waals surface area contributed by atoms with Crippen molar-refractivity contribution >= 4 is 49.4 Å². The molecule has 9 heteroatoms. The zero-order valence-corrected chi connectivity index (χ0v) is 24.9. The molecule has 0 spiro atoms. The Hall–Kier alpha value is -4.92. The van der Waals surface area contributed by atoms with E-state index in [0.717, 1.165) is 16.8 Å². The predicted octanol–water partition coefficient (Wildman–Crippen LogP) is 8.66. The van der Waals surface area contributed by atoms with Gasteiger partial charge < -0.3 is 14.6 Å². The van der Waals surface area contributed by atoms with Crippen LogP contribution in [0.25, 0.3) is 61.2 Å². The van der Waals surface area contributed by atoms with Crippen molar-refractivity contribution in [1.82, 2.24) is 14.8 Å². The van der Waals surface area contributed by atoms with Crippen LogP contribution in [0.5, 0.6) is 11.5 Å². The van der Waals surface area contributed by atoms with Crippen molar-refractivity contribution < 1.29 is 14.6 Å². The summed E-state index contributed by atoms with van der Waals surface area (Å²) in [5, 5.41) is 27.9. The molecule has 3 heterocycles. The van der Waals surface area contributed by atoms with E-state index >= 15 is 0 Å². The Morgan fingerprint density at radius 1 is 0.884 bits per heavy atom. The Labute approximate surface area is 258 Å². The second kappa shape index (κ2) is 10.4. The standard InChI is InChI=1S/C34H21BrClN3O4/c1-18-12-13-21-27(14-18)43-34(42)28-22(15-26(37-31(21)28)29-32(40)24(35)16-25(36)33(29)41)23-17-39(20-10-6-3-7-11-20)38-30(23)19-8-4-2-5-9-19/h2-17,40-41H,1H3. The van der Waals surface area contributed by atoms with E-state index in [1.807, 2.05) is 85.9 Å². The average molecular weight is 651 g/mol. The van der Waals surface area contributed by atoms with Gasteiger partial charge in [-0.25, -0.2) is 14.5 Å². The normalized spacial score (nSPS) is 11.4. The van der Waals surface area contributed by atoms with Gasteiger partial charge in [-0.2, -0.15) is 5.10 Å². The molecule has 0 aliphatic carbocycles. The van der Waals surface area contributed by atoms with E-state index in [9.17, 15) is 15.0 Å². The number of halogens is 2. The summed E-state index contributed by atoms with van der Waals surface area (Å²) in [6, 6.07) is 27.9. The summed E-state index contributed by atoms with van der Waals surface area (Å²) < 4.78 is 7.87. The average Bonchev–Trinajstić information content (AvgIpc) is 3.46. The van der Waals surface area contributed by atoms with Gasteiger partial charge >= 0.3 is 5.63 Å². The number of aromatic hydroxyl groups is 2. The minimum absolute atomic E-state index is 0.0211. The largest absolute Gasteiger partial charge is 0.506 e. The molecule has 0 aliphatic heterocycles. The van der Waals surface area contributed by atoms with Crippen LogP contribution < -0.4 is 5.63 Å². The van der Waals surface area contributed by atoms with Crippen LogP contribution in [0.4, 0.5) is 0 Å². The molecule has 210 valence electrons. The number of aryl methyl sites for hydroxylation is 1. The summed E-state index contributed by atoms with van der Waals surface area (Å²) in [6.07, 6.45) is 1.85. The summed E-state index contributed by atoms with van der Waals surface area (Å²) in [7, 11) is 0. The molecule has 7 nitrogen and oxygen atoms in total. The molecule has 4 aromatic carbocycles. The van der Waals surface area contributed by atoms with Crippen LogP contribution in [0.3, 0.4) is 0 Å². The van der Waals surface area contributed by atoms with Crippen LogP contribution in [0.1, 0.15) is 5.56 Å². The van der Waals surface area contributed by atoms with Crippen molar-refractivity contribution in [3.8, 4) is 50.8 Å². The molecule has 2 N–H and O–H groups in total. The molecule has 7 rings (SSSR count). The molecular weight excluding hydrogens is 630 g/mol. The number of hydrogen-bond donors (Lipinski definition) is 2. The quantitative estimate of drug-likeness (QED) is 0.146. The molecule has 43 heavy (non-hydrogen) atoms. The van der Waals surface area contributed by atoms with Gasteiger partial charge in [0.25, 0.3) is 0 Å². The summed E-state index contributed by atoms with van der Waals surface area (Å²) in [5.74, 6) is -0.586. The van der Waals surface area contributed by atoms with E-state index in [1.54, 1.807) is 16.8 Å². The lowest BCUT2D eigenvalue weighted by atomic mass is 9.95. The first-order valence-electron chi connectivity index (χ1n) is 13.3. The number of hydrogen-bond acceptors (Lipinski definition) is 6. The molecule has 0 unspecified atom stereocenters. The Morgan fingerprint density at radius 3 is 2.35 bits per heavy atom. The SMILES string of the molecule is Cc1ccc2c(c1)oc(=O)c1c(-c3cn(-c4ccccc4)nc3-c3ccccc3)cc(-c3c(O)c(Cl)cc(Br)c3O)nc12. The van der Waals surface area contributed by atoms with Gasteiger partial charge in [-0.1, -0.05) is 66.2 Å². The second-order valence-electron chi connectivity index (χ2n) is 10.1. The van der Waals surface area contributed by atoms with E-state index in [2.05, 4.69) is 15.9 Å². The van der Waals surface area contributed by atoms with Gasteiger partial charge in [0.2, 0.25) is 0 Å². The minimum atomic E-state index is -0.575. The first kappa shape index (κ1) is 26.9. The fourth-order valence-corrected chi connectivity index (χ4v) is 6.05. The van der Waals surface area contributed by atoms with Crippen molar-refractivity contribution in [3.63, 3.8) is 0 Å². The molecule has 0 radical (unpaired) electrons. The van der Waals surface area contributed by atoms with Gasteiger partial charge in [0.1, 0.15) is 22.8 Å². The fourth-order valence-electron chi connectivity index (χ4n) is 5.28. The monoisotopic (exact) mass is 649 g/mol. The van der Waals surface area contributed by atoms with Crippen molar-refractivity contribution in [3.05, 3.63) is 123 Å². The van der Waals surface area contributed by atoms with E-state index in [4.69, 9.17) is 26.1 Å². The van der Waals surface area contributed by atoms with Gasteiger partial charge in [-0.15, -0.1) is 0 Å². The highest BCUT2D eigenvalue weighted by Crippen LogP contribution is 2.47. The molecule has 0 atom stereocenters. The number of rotatable bonds is 4. The zero-order valence-electron chi connectivity index (χ0n) is 22.5. The molecule has 0 fully saturated rings. The highest BCUT2D eigenvalue weighted by molar-refractivity contribution is 9.10. The summed E-state index contributed by atoms with van der Waals surface area (Å²) in [4.78, 5) is 18.6. The number of phenolic OH excluding ortho intramolecular Hbond substituents is 2. The van der Waals surface area contributed by atoms with Crippen LogP contribution in [0, 0.1) is 6.92 Å². The summed E-state index contributed by atoms with van der Waals surface area (Å²) in [6.45, 7) is 1.91. The highest BCUT2D eigenvalue weighted by Gasteiger charge is 2.25. The molecule has 0 saturated heterocycles. The first-order valence-corrected chi connectivity index (χ1v) is 14.5. The number of fused-ring (bicyclic) bond motifs is 3. The maximum atomic E-state index is 13.8. The van der Waals surface area contributed by atoms with E-state index in [1.165, 1.54) is 6.07 Å². The number of para-hydroxylation sites is 1. The van der Waals surface area contributed by atoms with Gasteiger partial charge in [0.05, 0.1) is 37.3 Å². The van der Waals surface area contributed by atoms with Gasteiger partial charge in [0, 0.05) is 28.3 Å². The molecule has 0 amide bonds. The number of nitrogens with zero attached hydrogens (tertiary/aromatic N) is 3. The molecule has 0 saturated carbocycles. The molecule has 3 aromatic heterocycles. The van der Waals surface area contributed by atoms with Crippen molar-refractivity contribution in [2.24, 2.45) is 0 Å². The molecule has 7 aromatic rings. The van der Waals surface area contributed by atoms with Crippen molar-refractivity contribution in [2.45, 2.75) is 6.92 Å². The maximum absolute atomic E-state index is 13.8. The number of benzene rings is 4. The smallest absolute Gasteiger partial charge is 0.346 e. The Morgan fingerprint density at radius 2 is 1.60 bits per heavy atom. The number of aromatic nitrogens is 3. The number of pyridine rings is 1. The summed E-state index contributed by atoms with van der Waals surface area (Å²) in [5.41, 5.74) is 4.65. The second-order valence-corrected chi connectivity index (χ2v) is 11.4. The fraction of sp³-hybridized carbons (Fsp3) is 0.0294. The van der Waals surface area contributed by atoms with Gasteiger partial charge in [-0.05, 0) is 64.8 Å². The van der Waals surface area contributed by atoms with E-state index in [-0.39, 0.29) is 37.6 Å². The van der Waals surface area contributed by atoms with Gasteiger partial charge in [0.15, 0.2) is 0 Å². The minimum Gasteiger partial charge on any atom is -0.506 e. The van der Waals surface area contributed by atoms with Crippen LogP contribution in [-0.4, -0.2) is 25.0 Å². The maximum Gasteiger partial charge on any atom is 0.346 e. The molecule has 0 aliphatic rings. The molecule has 0 bridgehead atoms. The van der Waals surface area contributed by atoms with Crippen LogP contribution in [0.15, 0.2) is 111 Å². The van der Waals surface area contributed by atoms with Crippen LogP contribution in [0.2, 0.25) is 5.02 Å². The Kier molecular flexibility index (Phi) is 6.53. The lowest BCUT2D eigenvalue weighted by Gasteiger charge is -2.14. The topological polar surface area (TPSA) is 101 Å². The Balaban J connectivity index is 1.65. The van der Waals surface area contributed by atoms with Crippen molar-refractivity contribution in [2.75, 3.05) is 0 Å². The Bertz CT molecular complexity index is 2240. The lowest BCUT2D eigenvalue weighted by molar-refractivity contribution is 0.452. The van der Waals surface area contributed by atoms with Crippen LogP contribution in [-0.2, 0) is 0 Å². The third-order valence-corrected chi connectivity index (χ3v) is 8.22.